The lowest BCUT2D eigenvalue weighted by Crippen LogP contribution is -2.17. The molecule has 1 aromatic rings. The maximum Gasteiger partial charge on any atom is 0.166 e. The second kappa shape index (κ2) is 4.72. The molecule has 0 saturated carbocycles. The molecule has 0 fully saturated rings. The van der Waals surface area contributed by atoms with Crippen molar-refractivity contribution in [1.82, 2.24) is 5.32 Å². The highest BCUT2D eigenvalue weighted by atomic mass is 79.9. The number of halogens is 2. The highest BCUT2D eigenvalue weighted by Crippen LogP contribution is 2.30. The smallest absolute Gasteiger partial charge is 0.166 e. The lowest BCUT2D eigenvalue weighted by Gasteiger charge is -2.12. The van der Waals surface area contributed by atoms with Crippen molar-refractivity contribution in [2.75, 3.05) is 13.6 Å². The van der Waals surface area contributed by atoms with Gasteiger partial charge in [-0.25, -0.2) is 4.39 Å². The Kier molecular flexibility index (Phi) is 3.86. The summed E-state index contributed by atoms with van der Waals surface area (Å²) < 4.78 is 13.5. The van der Waals surface area contributed by atoms with Gasteiger partial charge in [0.25, 0.3) is 0 Å². The van der Waals surface area contributed by atoms with E-state index in [1.165, 1.54) is 6.07 Å². The van der Waals surface area contributed by atoms with Crippen molar-refractivity contribution in [3.63, 3.8) is 0 Å². The monoisotopic (exact) mass is 263 g/mol. The molecular formula is C9H11BrFNO2. The van der Waals surface area contributed by atoms with Gasteiger partial charge in [0.15, 0.2) is 11.6 Å². The highest BCUT2D eigenvalue weighted by Gasteiger charge is 2.15. The topological polar surface area (TPSA) is 52.5 Å². The van der Waals surface area contributed by atoms with Crippen LogP contribution in [0.4, 0.5) is 4.39 Å². The molecule has 1 atom stereocenters. The Bertz CT molecular complexity index is 333. The summed E-state index contributed by atoms with van der Waals surface area (Å²) in [5.41, 5.74) is 0.172. The lowest BCUT2D eigenvalue weighted by atomic mass is 10.1. The number of aliphatic hydroxyl groups is 1. The van der Waals surface area contributed by atoms with Crippen LogP contribution in [0.3, 0.4) is 0 Å². The SMILES string of the molecule is CNCC(O)c1cc(Br)cc(F)c1O. The molecule has 0 spiro atoms. The van der Waals surface area contributed by atoms with E-state index in [1.54, 1.807) is 7.05 Å². The number of rotatable bonds is 3. The van der Waals surface area contributed by atoms with Crippen LogP contribution in [0.1, 0.15) is 11.7 Å². The number of phenolic OH excluding ortho intramolecular Hbond substituents is 1. The Hall–Kier alpha value is -0.650. The quantitative estimate of drug-likeness (QED) is 0.776. The average molecular weight is 264 g/mol. The standard InChI is InChI=1S/C9H11BrFNO2/c1-12-4-8(13)6-2-5(10)3-7(11)9(6)14/h2-3,8,12-14H,4H2,1H3. The van der Waals surface area contributed by atoms with Gasteiger partial charge in [0.05, 0.1) is 6.10 Å². The fourth-order valence-corrected chi connectivity index (χ4v) is 1.59. The van der Waals surface area contributed by atoms with Crippen molar-refractivity contribution in [3.8, 4) is 5.75 Å². The average Bonchev–Trinajstić information content (AvgIpc) is 2.11. The van der Waals surface area contributed by atoms with Gasteiger partial charge in [-0.05, 0) is 19.2 Å². The molecule has 1 aromatic carbocycles. The highest BCUT2D eigenvalue weighted by molar-refractivity contribution is 9.10. The van der Waals surface area contributed by atoms with E-state index in [4.69, 9.17) is 0 Å². The molecule has 1 unspecified atom stereocenters. The van der Waals surface area contributed by atoms with Crippen LogP contribution in [0.25, 0.3) is 0 Å². The third-order valence-electron chi connectivity index (χ3n) is 1.81. The number of aromatic hydroxyl groups is 1. The third kappa shape index (κ3) is 2.43. The molecule has 1 rings (SSSR count). The Labute approximate surface area is 89.7 Å². The Balaban J connectivity index is 3.07. The van der Waals surface area contributed by atoms with Crippen molar-refractivity contribution < 1.29 is 14.6 Å². The molecule has 14 heavy (non-hydrogen) atoms. The summed E-state index contributed by atoms with van der Waals surface area (Å²) in [6.07, 6.45) is -0.924. The lowest BCUT2D eigenvalue weighted by molar-refractivity contribution is 0.173. The summed E-state index contributed by atoms with van der Waals surface area (Å²) >= 11 is 3.08. The van der Waals surface area contributed by atoms with Gasteiger partial charge in [0.1, 0.15) is 0 Å². The fourth-order valence-electron chi connectivity index (χ4n) is 1.14. The van der Waals surface area contributed by atoms with Crippen LogP contribution in [-0.4, -0.2) is 23.8 Å². The normalized spacial score (nSPS) is 12.9. The van der Waals surface area contributed by atoms with E-state index >= 15 is 0 Å². The molecule has 0 aromatic heterocycles. The maximum atomic E-state index is 13.0. The molecule has 3 nitrogen and oxygen atoms in total. The second-order valence-electron chi connectivity index (χ2n) is 2.90. The first-order valence-corrected chi connectivity index (χ1v) is 4.86. The Morgan fingerprint density at radius 1 is 1.57 bits per heavy atom. The van der Waals surface area contributed by atoms with E-state index < -0.39 is 17.7 Å². The fraction of sp³-hybridized carbons (Fsp3) is 0.333. The molecule has 0 saturated heterocycles. The largest absolute Gasteiger partial charge is 0.505 e. The minimum atomic E-state index is -0.924. The zero-order valence-electron chi connectivity index (χ0n) is 7.59. The minimum absolute atomic E-state index is 0.172. The third-order valence-corrected chi connectivity index (χ3v) is 2.27. The van der Waals surface area contributed by atoms with E-state index in [-0.39, 0.29) is 12.1 Å². The predicted octanol–water partition coefficient (Wildman–Crippen LogP) is 1.55. The Morgan fingerprint density at radius 3 is 2.79 bits per heavy atom. The maximum absolute atomic E-state index is 13.0. The van der Waals surface area contributed by atoms with Crippen molar-refractivity contribution in [2.45, 2.75) is 6.10 Å². The van der Waals surface area contributed by atoms with Crippen molar-refractivity contribution >= 4 is 15.9 Å². The first-order valence-electron chi connectivity index (χ1n) is 4.06. The van der Waals surface area contributed by atoms with Gasteiger partial charge >= 0.3 is 0 Å². The number of hydrogen-bond donors (Lipinski definition) is 3. The van der Waals surface area contributed by atoms with Crippen LogP contribution in [-0.2, 0) is 0 Å². The van der Waals surface area contributed by atoms with Crippen molar-refractivity contribution in [1.29, 1.82) is 0 Å². The number of aliphatic hydroxyl groups excluding tert-OH is 1. The van der Waals surface area contributed by atoms with Gasteiger partial charge in [0.2, 0.25) is 0 Å². The van der Waals surface area contributed by atoms with Crippen LogP contribution >= 0.6 is 15.9 Å². The van der Waals surface area contributed by atoms with E-state index in [2.05, 4.69) is 21.2 Å². The number of benzene rings is 1. The summed E-state index contributed by atoms with van der Waals surface area (Å²) in [5.74, 6) is -1.25. The first-order chi connectivity index (χ1) is 6.56. The number of phenols is 1. The van der Waals surface area contributed by atoms with Gasteiger partial charge < -0.3 is 15.5 Å². The predicted molar refractivity (Wildman–Crippen MR) is 54.7 cm³/mol. The zero-order chi connectivity index (χ0) is 10.7. The van der Waals surface area contributed by atoms with Crippen LogP contribution < -0.4 is 5.32 Å². The molecule has 0 bridgehead atoms. The van der Waals surface area contributed by atoms with Crippen molar-refractivity contribution in [2.24, 2.45) is 0 Å². The van der Waals surface area contributed by atoms with Crippen LogP contribution in [0.2, 0.25) is 0 Å². The van der Waals surface area contributed by atoms with Crippen LogP contribution in [0, 0.1) is 5.82 Å². The van der Waals surface area contributed by atoms with Gasteiger partial charge in [-0.3, -0.25) is 0 Å². The molecule has 0 aliphatic heterocycles. The molecule has 5 heteroatoms. The van der Waals surface area contributed by atoms with Gasteiger partial charge in [0, 0.05) is 16.6 Å². The van der Waals surface area contributed by atoms with E-state index in [1.807, 2.05) is 0 Å². The molecule has 0 amide bonds. The number of nitrogens with one attached hydrogen (secondary N) is 1. The van der Waals surface area contributed by atoms with E-state index in [0.29, 0.717) is 4.47 Å². The summed E-state index contributed by atoms with van der Waals surface area (Å²) in [7, 11) is 1.66. The summed E-state index contributed by atoms with van der Waals surface area (Å²) in [6.45, 7) is 0.253. The van der Waals surface area contributed by atoms with E-state index in [9.17, 15) is 14.6 Å². The summed E-state index contributed by atoms with van der Waals surface area (Å²) in [4.78, 5) is 0. The Morgan fingerprint density at radius 2 is 2.21 bits per heavy atom. The summed E-state index contributed by atoms with van der Waals surface area (Å²) in [6, 6.07) is 2.63. The summed E-state index contributed by atoms with van der Waals surface area (Å²) in [5, 5.41) is 21.6. The van der Waals surface area contributed by atoms with Gasteiger partial charge in [-0.15, -0.1) is 0 Å². The second-order valence-corrected chi connectivity index (χ2v) is 3.81. The molecule has 0 heterocycles. The minimum Gasteiger partial charge on any atom is -0.505 e. The molecule has 0 radical (unpaired) electrons. The molecule has 78 valence electrons. The first kappa shape index (κ1) is 11.4. The van der Waals surface area contributed by atoms with E-state index in [0.717, 1.165) is 6.07 Å². The molecular weight excluding hydrogens is 253 g/mol. The molecule has 3 N–H and O–H groups in total. The van der Waals surface area contributed by atoms with Crippen LogP contribution in [0.15, 0.2) is 16.6 Å². The van der Waals surface area contributed by atoms with Crippen molar-refractivity contribution in [3.05, 3.63) is 28.0 Å². The number of hydrogen-bond acceptors (Lipinski definition) is 3. The molecule has 0 aliphatic carbocycles. The molecule has 0 aliphatic rings. The number of likely N-dealkylation sites (N-methyl/N-ethyl adjacent to an activating group) is 1. The van der Waals surface area contributed by atoms with Gasteiger partial charge in [-0.2, -0.15) is 0 Å². The zero-order valence-corrected chi connectivity index (χ0v) is 9.18. The van der Waals surface area contributed by atoms with Gasteiger partial charge in [-0.1, -0.05) is 15.9 Å². The van der Waals surface area contributed by atoms with Crippen LogP contribution in [0.5, 0.6) is 5.75 Å².